The molecule has 2 aromatic heterocycles. The van der Waals surface area contributed by atoms with E-state index < -0.39 is 0 Å². The third-order valence-corrected chi connectivity index (χ3v) is 4.13. The molecule has 0 aromatic carbocycles. The van der Waals surface area contributed by atoms with Crippen molar-refractivity contribution in [2.75, 3.05) is 19.7 Å². The Morgan fingerprint density at radius 2 is 2.26 bits per heavy atom. The lowest BCUT2D eigenvalue weighted by atomic mass is 10.1. The molecule has 1 unspecified atom stereocenters. The summed E-state index contributed by atoms with van der Waals surface area (Å²) in [7, 11) is 0. The topological polar surface area (TPSA) is 76.0 Å². The quantitative estimate of drug-likeness (QED) is 0.916. The van der Waals surface area contributed by atoms with E-state index >= 15 is 0 Å². The molecule has 2 aromatic rings. The highest BCUT2D eigenvalue weighted by molar-refractivity contribution is 5.16. The number of aryl methyl sites for hydroxylation is 3. The van der Waals surface area contributed by atoms with Crippen molar-refractivity contribution in [1.29, 1.82) is 0 Å². The molecule has 1 saturated heterocycles. The van der Waals surface area contributed by atoms with Gasteiger partial charge in [-0.05, 0) is 20.8 Å². The zero-order valence-electron chi connectivity index (χ0n) is 13.9. The summed E-state index contributed by atoms with van der Waals surface area (Å²) in [6.07, 6.45) is 1.95. The number of nitrogens with one attached hydrogen (secondary N) is 1. The molecule has 7 nitrogen and oxygen atoms in total. The van der Waals surface area contributed by atoms with Gasteiger partial charge in [0.15, 0.2) is 0 Å². The summed E-state index contributed by atoms with van der Waals surface area (Å²) >= 11 is 0. The Morgan fingerprint density at radius 1 is 1.43 bits per heavy atom. The molecule has 0 radical (unpaired) electrons. The number of hydrogen-bond donors (Lipinski definition) is 1. The molecule has 1 aliphatic heterocycles. The Hall–Kier alpha value is -1.99. The SMILES string of the molecule is CCn1cc(CN2CCOC(c3cc(=O)[nH]c(C)n3)C2)c(C)n1. The molecule has 1 atom stereocenters. The largest absolute Gasteiger partial charge is 0.369 e. The minimum absolute atomic E-state index is 0.131. The molecule has 0 aliphatic carbocycles. The monoisotopic (exact) mass is 317 g/mol. The van der Waals surface area contributed by atoms with Gasteiger partial charge in [-0.15, -0.1) is 0 Å². The summed E-state index contributed by atoms with van der Waals surface area (Å²) in [4.78, 5) is 21.0. The lowest BCUT2D eigenvalue weighted by Crippen LogP contribution is -2.38. The van der Waals surface area contributed by atoms with Crippen LogP contribution >= 0.6 is 0 Å². The van der Waals surface area contributed by atoms with Crippen LogP contribution in [0.5, 0.6) is 0 Å². The van der Waals surface area contributed by atoms with Gasteiger partial charge in [0, 0.05) is 44.0 Å². The maximum absolute atomic E-state index is 11.6. The van der Waals surface area contributed by atoms with Crippen LogP contribution in [-0.2, 0) is 17.8 Å². The van der Waals surface area contributed by atoms with Gasteiger partial charge in [0.1, 0.15) is 11.9 Å². The Balaban J connectivity index is 1.72. The summed E-state index contributed by atoms with van der Waals surface area (Å²) < 4.78 is 7.78. The van der Waals surface area contributed by atoms with E-state index in [-0.39, 0.29) is 11.7 Å². The second-order valence-corrected chi connectivity index (χ2v) is 5.95. The first-order valence-corrected chi connectivity index (χ1v) is 8.00. The third-order valence-electron chi connectivity index (χ3n) is 4.13. The predicted molar refractivity (Wildman–Crippen MR) is 86.2 cm³/mol. The van der Waals surface area contributed by atoms with E-state index in [1.807, 2.05) is 11.6 Å². The fourth-order valence-electron chi connectivity index (χ4n) is 2.91. The van der Waals surface area contributed by atoms with Crippen molar-refractivity contribution < 1.29 is 4.74 Å². The molecule has 0 amide bonds. The van der Waals surface area contributed by atoms with Gasteiger partial charge in [-0.3, -0.25) is 14.4 Å². The Kier molecular flexibility index (Phi) is 4.58. The first kappa shape index (κ1) is 15.9. The van der Waals surface area contributed by atoms with Gasteiger partial charge in [0.2, 0.25) is 0 Å². The summed E-state index contributed by atoms with van der Waals surface area (Å²) in [5.41, 5.74) is 2.88. The summed E-state index contributed by atoms with van der Waals surface area (Å²) in [5, 5.41) is 4.50. The van der Waals surface area contributed by atoms with E-state index in [0.717, 1.165) is 31.9 Å². The molecule has 1 fully saturated rings. The molecule has 1 aliphatic rings. The lowest BCUT2D eigenvalue weighted by Gasteiger charge is -2.32. The average molecular weight is 317 g/mol. The summed E-state index contributed by atoms with van der Waals surface area (Å²) in [5.74, 6) is 0.619. The van der Waals surface area contributed by atoms with Crippen molar-refractivity contribution in [3.8, 4) is 0 Å². The number of morpholine rings is 1. The van der Waals surface area contributed by atoms with Crippen molar-refractivity contribution in [3.63, 3.8) is 0 Å². The molecule has 7 heteroatoms. The fraction of sp³-hybridized carbons (Fsp3) is 0.562. The molecular formula is C16H23N5O2. The van der Waals surface area contributed by atoms with Crippen LogP contribution in [0.2, 0.25) is 0 Å². The van der Waals surface area contributed by atoms with Gasteiger partial charge in [0.25, 0.3) is 5.56 Å². The van der Waals surface area contributed by atoms with Crippen LogP contribution in [0.15, 0.2) is 17.1 Å². The molecule has 0 saturated carbocycles. The molecule has 0 bridgehead atoms. The molecule has 3 rings (SSSR count). The molecule has 0 spiro atoms. The van der Waals surface area contributed by atoms with Crippen LogP contribution in [0.1, 0.15) is 35.8 Å². The minimum atomic E-state index is -0.161. The van der Waals surface area contributed by atoms with Crippen LogP contribution in [-0.4, -0.2) is 44.3 Å². The van der Waals surface area contributed by atoms with Gasteiger partial charge < -0.3 is 9.72 Å². The molecule has 23 heavy (non-hydrogen) atoms. The Bertz CT molecular complexity index is 736. The third kappa shape index (κ3) is 3.68. The Morgan fingerprint density at radius 3 is 2.96 bits per heavy atom. The molecule has 1 N–H and O–H groups in total. The lowest BCUT2D eigenvalue weighted by molar-refractivity contribution is -0.0352. The number of rotatable bonds is 4. The first-order chi connectivity index (χ1) is 11.0. The van der Waals surface area contributed by atoms with E-state index in [2.05, 4.69) is 33.1 Å². The predicted octanol–water partition coefficient (Wildman–Crippen LogP) is 1.18. The maximum Gasteiger partial charge on any atom is 0.251 e. The highest BCUT2D eigenvalue weighted by Crippen LogP contribution is 2.21. The highest BCUT2D eigenvalue weighted by Gasteiger charge is 2.24. The van der Waals surface area contributed by atoms with Gasteiger partial charge in [-0.25, -0.2) is 4.98 Å². The van der Waals surface area contributed by atoms with Crippen molar-refractivity contribution in [2.24, 2.45) is 0 Å². The van der Waals surface area contributed by atoms with Crippen molar-refractivity contribution >= 4 is 0 Å². The summed E-state index contributed by atoms with van der Waals surface area (Å²) in [6.45, 7) is 9.87. The van der Waals surface area contributed by atoms with E-state index in [0.29, 0.717) is 18.1 Å². The number of nitrogens with zero attached hydrogens (tertiary/aromatic N) is 4. The van der Waals surface area contributed by atoms with Crippen LogP contribution in [0.25, 0.3) is 0 Å². The number of hydrogen-bond acceptors (Lipinski definition) is 5. The number of H-pyrrole nitrogens is 1. The second-order valence-electron chi connectivity index (χ2n) is 5.95. The molecular weight excluding hydrogens is 294 g/mol. The Labute approximate surface area is 135 Å². The first-order valence-electron chi connectivity index (χ1n) is 8.00. The van der Waals surface area contributed by atoms with Crippen molar-refractivity contribution in [3.05, 3.63) is 45.4 Å². The van der Waals surface area contributed by atoms with Gasteiger partial charge in [0.05, 0.1) is 18.0 Å². The molecule has 124 valence electrons. The fourth-order valence-corrected chi connectivity index (χ4v) is 2.91. The standard InChI is InChI=1S/C16H23N5O2/c1-4-21-9-13(11(2)19-21)8-20-5-6-23-15(10-20)14-7-16(22)18-12(3)17-14/h7,9,15H,4-6,8,10H2,1-3H3,(H,17,18,22). The number of ether oxygens (including phenoxy) is 1. The van der Waals surface area contributed by atoms with E-state index in [1.54, 1.807) is 6.92 Å². The smallest absolute Gasteiger partial charge is 0.251 e. The minimum Gasteiger partial charge on any atom is -0.369 e. The average Bonchev–Trinajstić information content (AvgIpc) is 2.87. The molecule has 3 heterocycles. The zero-order valence-corrected chi connectivity index (χ0v) is 13.9. The van der Waals surface area contributed by atoms with Crippen LogP contribution in [0.3, 0.4) is 0 Å². The normalized spacial score (nSPS) is 19.2. The van der Waals surface area contributed by atoms with Crippen molar-refractivity contribution in [1.82, 2.24) is 24.6 Å². The van der Waals surface area contributed by atoms with Gasteiger partial charge in [-0.1, -0.05) is 0 Å². The van der Waals surface area contributed by atoms with Crippen LogP contribution in [0, 0.1) is 13.8 Å². The van der Waals surface area contributed by atoms with Crippen LogP contribution in [0.4, 0.5) is 0 Å². The highest BCUT2D eigenvalue weighted by atomic mass is 16.5. The number of aromatic nitrogens is 4. The summed E-state index contributed by atoms with van der Waals surface area (Å²) in [6, 6.07) is 1.53. The maximum atomic E-state index is 11.6. The van der Waals surface area contributed by atoms with Gasteiger partial charge in [-0.2, -0.15) is 5.10 Å². The number of aromatic amines is 1. The zero-order chi connectivity index (χ0) is 16.4. The van der Waals surface area contributed by atoms with Crippen molar-refractivity contribution in [2.45, 2.75) is 40.0 Å². The second kappa shape index (κ2) is 6.64. The van der Waals surface area contributed by atoms with Gasteiger partial charge >= 0.3 is 0 Å². The van der Waals surface area contributed by atoms with E-state index in [4.69, 9.17) is 4.74 Å². The van der Waals surface area contributed by atoms with Crippen LogP contribution < -0.4 is 5.56 Å². The van der Waals surface area contributed by atoms with E-state index in [9.17, 15) is 4.79 Å². The van der Waals surface area contributed by atoms with E-state index in [1.165, 1.54) is 11.6 Å².